The fourth-order valence-corrected chi connectivity index (χ4v) is 1.48. The molecular weight excluding hydrogens is 260 g/mol. The molecule has 1 N–H and O–H groups in total. The number of benzene rings is 1. The second kappa shape index (κ2) is 6.42. The van der Waals surface area contributed by atoms with Crippen LogP contribution in [0.15, 0.2) is 41.4 Å². The molecule has 0 amide bonds. The molecule has 0 aliphatic rings. The zero-order chi connectivity index (χ0) is 15.3. The van der Waals surface area contributed by atoms with Crippen molar-refractivity contribution in [1.82, 2.24) is 0 Å². The number of rotatable bonds is 5. The van der Waals surface area contributed by atoms with E-state index >= 15 is 0 Å². The maximum absolute atomic E-state index is 11.0. The van der Waals surface area contributed by atoms with E-state index in [1.807, 2.05) is 0 Å². The van der Waals surface area contributed by atoms with Gasteiger partial charge in [-0.15, -0.1) is 0 Å². The number of aromatic carboxylic acids is 1. The Labute approximate surface area is 115 Å². The van der Waals surface area contributed by atoms with E-state index in [4.69, 9.17) is 5.11 Å². The van der Waals surface area contributed by atoms with Gasteiger partial charge in [-0.2, -0.15) is 0 Å². The van der Waals surface area contributed by atoms with Crippen molar-refractivity contribution >= 4 is 23.6 Å². The van der Waals surface area contributed by atoms with Gasteiger partial charge in [-0.05, 0) is 25.5 Å². The van der Waals surface area contributed by atoms with Gasteiger partial charge < -0.3 is 5.11 Å². The molecule has 0 atom stereocenters. The highest BCUT2D eigenvalue weighted by Crippen LogP contribution is 2.24. The van der Waals surface area contributed by atoms with Gasteiger partial charge in [0.05, 0.1) is 16.2 Å². The molecule has 6 heteroatoms. The van der Waals surface area contributed by atoms with Gasteiger partial charge in [-0.1, -0.05) is 12.7 Å². The Morgan fingerprint density at radius 2 is 2.00 bits per heavy atom. The van der Waals surface area contributed by atoms with Crippen LogP contribution in [0.2, 0.25) is 0 Å². The Hall–Kier alpha value is -2.76. The highest BCUT2D eigenvalue weighted by molar-refractivity contribution is 5.91. The first kappa shape index (κ1) is 15.3. The summed E-state index contributed by atoms with van der Waals surface area (Å²) >= 11 is 0. The number of aliphatic imine (C=N–C) groups is 1. The molecule has 0 aliphatic heterocycles. The number of carboxylic acid groups (broad SMARTS) is 1. The zero-order valence-electron chi connectivity index (χ0n) is 11.2. The van der Waals surface area contributed by atoms with Gasteiger partial charge in [-0.25, -0.2) is 4.79 Å². The summed E-state index contributed by atoms with van der Waals surface area (Å²) in [6.45, 7) is 7.14. The summed E-state index contributed by atoms with van der Waals surface area (Å²) in [5.41, 5.74) is 1.09. The molecule has 0 aliphatic carbocycles. The van der Waals surface area contributed by atoms with Crippen LogP contribution in [-0.4, -0.2) is 22.2 Å². The van der Waals surface area contributed by atoms with Crippen LogP contribution in [0.1, 0.15) is 29.8 Å². The molecular formula is C14H14N2O4. The minimum absolute atomic E-state index is 0.154. The number of nitro benzene ring substituents is 1. The van der Waals surface area contributed by atoms with Crippen LogP contribution < -0.4 is 0 Å². The molecule has 1 aromatic rings. The van der Waals surface area contributed by atoms with Crippen molar-refractivity contribution in [1.29, 1.82) is 0 Å². The number of hydrogen-bond acceptors (Lipinski definition) is 4. The van der Waals surface area contributed by atoms with Gasteiger partial charge in [0.25, 0.3) is 5.69 Å². The number of allylic oxidation sites excluding steroid dienone is 2. The molecule has 0 bridgehead atoms. The zero-order valence-corrected chi connectivity index (χ0v) is 11.2. The van der Waals surface area contributed by atoms with E-state index in [1.54, 1.807) is 19.9 Å². The van der Waals surface area contributed by atoms with Gasteiger partial charge in [-0.3, -0.25) is 15.1 Å². The minimum Gasteiger partial charge on any atom is -0.478 e. The lowest BCUT2D eigenvalue weighted by atomic mass is 10.1. The fourth-order valence-electron chi connectivity index (χ4n) is 1.48. The van der Waals surface area contributed by atoms with Crippen LogP contribution in [0.4, 0.5) is 5.69 Å². The SMILES string of the molecule is C=C(C)C=N/C(=C\C)c1cc(C(=O)O)cc([N+](=O)[O-])c1. The van der Waals surface area contributed by atoms with Crippen molar-refractivity contribution in [3.63, 3.8) is 0 Å². The van der Waals surface area contributed by atoms with Gasteiger partial charge >= 0.3 is 5.97 Å². The normalized spacial score (nSPS) is 11.6. The first-order valence-corrected chi connectivity index (χ1v) is 5.74. The molecule has 0 spiro atoms. The van der Waals surface area contributed by atoms with Gasteiger partial charge in [0.2, 0.25) is 0 Å². The monoisotopic (exact) mass is 274 g/mol. The summed E-state index contributed by atoms with van der Waals surface area (Å²) in [5.74, 6) is -1.23. The quantitative estimate of drug-likeness (QED) is 0.506. The molecule has 0 saturated carbocycles. The first-order chi connectivity index (χ1) is 9.35. The van der Waals surface area contributed by atoms with Crippen molar-refractivity contribution < 1.29 is 14.8 Å². The van der Waals surface area contributed by atoms with E-state index in [0.29, 0.717) is 16.8 Å². The van der Waals surface area contributed by atoms with Crippen molar-refractivity contribution in [3.05, 3.63) is 57.7 Å². The van der Waals surface area contributed by atoms with Crippen molar-refractivity contribution in [2.75, 3.05) is 0 Å². The Kier molecular flexibility index (Phi) is 4.91. The highest BCUT2D eigenvalue weighted by atomic mass is 16.6. The average Bonchev–Trinajstić information content (AvgIpc) is 2.38. The van der Waals surface area contributed by atoms with Crippen LogP contribution in [0.25, 0.3) is 5.70 Å². The van der Waals surface area contributed by atoms with E-state index in [2.05, 4.69) is 11.6 Å². The minimum atomic E-state index is -1.23. The van der Waals surface area contributed by atoms with Crippen molar-refractivity contribution in [3.8, 4) is 0 Å². The Balaban J connectivity index is 3.39. The molecule has 0 unspecified atom stereocenters. The van der Waals surface area contributed by atoms with Crippen LogP contribution in [0.3, 0.4) is 0 Å². The van der Waals surface area contributed by atoms with Crippen LogP contribution in [-0.2, 0) is 0 Å². The number of carboxylic acids is 1. The molecule has 1 rings (SSSR count). The number of non-ortho nitro benzene ring substituents is 1. The number of nitro groups is 1. The van der Waals surface area contributed by atoms with Crippen molar-refractivity contribution in [2.45, 2.75) is 13.8 Å². The van der Waals surface area contributed by atoms with E-state index in [0.717, 1.165) is 6.07 Å². The maximum Gasteiger partial charge on any atom is 0.335 e. The molecule has 104 valence electrons. The summed E-state index contributed by atoms with van der Waals surface area (Å²) in [7, 11) is 0. The van der Waals surface area contributed by atoms with E-state index in [-0.39, 0.29) is 11.3 Å². The van der Waals surface area contributed by atoms with E-state index in [9.17, 15) is 14.9 Å². The molecule has 0 heterocycles. The molecule has 1 aromatic carbocycles. The third-order valence-electron chi connectivity index (χ3n) is 2.37. The summed E-state index contributed by atoms with van der Waals surface area (Å²) in [4.78, 5) is 25.4. The second-order valence-corrected chi connectivity index (χ2v) is 4.11. The van der Waals surface area contributed by atoms with Gasteiger partial charge in [0.1, 0.15) is 0 Å². The molecule has 0 fully saturated rings. The fraction of sp³-hybridized carbons (Fsp3) is 0.143. The standard InChI is InChI=1S/C14H14N2O4/c1-4-13(15-8-9(2)3)10-5-11(14(17)18)7-12(6-10)16(19)20/h4-8H,2H2,1,3H3,(H,17,18)/b13-4-,15-8?. The Bertz CT molecular complexity index is 598. The number of hydrogen-bond donors (Lipinski definition) is 1. The molecule has 0 saturated heterocycles. The van der Waals surface area contributed by atoms with E-state index in [1.165, 1.54) is 18.3 Å². The molecule has 0 radical (unpaired) electrons. The number of carbonyl (C=O) groups is 1. The lowest BCUT2D eigenvalue weighted by molar-refractivity contribution is -0.384. The Morgan fingerprint density at radius 1 is 1.40 bits per heavy atom. The van der Waals surface area contributed by atoms with Crippen molar-refractivity contribution in [2.24, 2.45) is 4.99 Å². The third kappa shape index (κ3) is 3.88. The second-order valence-electron chi connectivity index (χ2n) is 4.11. The summed E-state index contributed by atoms with van der Waals surface area (Å²) in [6, 6.07) is 3.65. The van der Waals surface area contributed by atoms with Gasteiger partial charge in [0.15, 0.2) is 0 Å². The smallest absolute Gasteiger partial charge is 0.335 e. The lowest BCUT2D eigenvalue weighted by Crippen LogP contribution is -2.00. The van der Waals surface area contributed by atoms with E-state index < -0.39 is 10.9 Å². The predicted octanol–water partition coefficient (Wildman–Crippen LogP) is 3.30. The lowest BCUT2D eigenvalue weighted by Gasteiger charge is -2.04. The molecule has 0 aromatic heterocycles. The highest BCUT2D eigenvalue weighted by Gasteiger charge is 2.15. The van der Waals surface area contributed by atoms with Gasteiger partial charge in [0, 0.05) is 23.9 Å². The summed E-state index contributed by atoms with van der Waals surface area (Å²) in [6.07, 6.45) is 3.15. The average molecular weight is 274 g/mol. The topological polar surface area (TPSA) is 92.8 Å². The molecule has 20 heavy (non-hydrogen) atoms. The first-order valence-electron chi connectivity index (χ1n) is 5.74. The third-order valence-corrected chi connectivity index (χ3v) is 2.37. The maximum atomic E-state index is 11.0. The molecule has 6 nitrogen and oxygen atoms in total. The van der Waals surface area contributed by atoms with Crippen LogP contribution >= 0.6 is 0 Å². The number of nitrogens with zero attached hydrogens (tertiary/aromatic N) is 2. The van der Waals surface area contributed by atoms with Crippen LogP contribution in [0.5, 0.6) is 0 Å². The van der Waals surface area contributed by atoms with Crippen LogP contribution in [0, 0.1) is 10.1 Å². The largest absolute Gasteiger partial charge is 0.478 e. The Morgan fingerprint density at radius 3 is 2.45 bits per heavy atom. The summed E-state index contributed by atoms with van der Waals surface area (Å²) < 4.78 is 0. The summed E-state index contributed by atoms with van der Waals surface area (Å²) in [5, 5.41) is 19.8. The predicted molar refractivity (Wildman–Crippen MR) is 77.0 cm³/mol.